The minimum Gasteiger partial charge on any atom is -0.353 e. The number of anilines is 1. The Bertz CT molecular complexity index is 777. The maximum Gasteiger partial charge on any atom is 0.319 e. The Balaban J connectivity index is 1.52. The molecule has 2 aromatic carbocycles. The summed E-state index contributed by atoms with van der Waals surface area (Å²) in [6.07, 6.45) is 0. The van der Waals surface area contributed by atoms with Gasteiger partial charge in [-0.15, -0.1) is 0 Å². The number of amides is 3. The number of rotatable bonds is 4. The zero-order chi connectivity index (χ0) is 18.5. The fourth-order valence-corrected chi connectivity index (χ4v) is 3.01. The van der Waals surface area contributed by atoms with E-state index in [9.17, 15) is 9.59 Å². The van der Waals surface area contributed by atoms with Crippen molar-refractivity contribution in [1.82, 2.24) is 15.5 Å². The first-order chi connectivity index (χ1) is 12.5. The molecule has 0 unspecified atom stereocenters. The predicted octanol–water partition coefficient (Wildman–Crippen LogP) is 2.76. The van der Waals surface area contributed by atoms with Gasteiger partial charge in [0.1, 0.15) is 0 Å². The van der Waals surface area contributed by atoms with Crippen LogP contribution >= 0.6 is 11.6 Å². The monoisotopic (exact) mass is 372 g/mol. The van der Waals surface area contributed by atoms with Gasteiger partial charge in [-0.1, -0.05) is 35.9 Å². The lowest BCUT2D eigenvalue weighted by Gasteiger charge is -2.32. The molecule has 0 saturated carbocycles. The average Bonchev–Trinajstić information content (AvgIpc) is 2.62. The molecular weight excluding hydrogens is 352 g/mol. The standard InChI is InChI=1S/C19H21ClN4O2/c1-24-12-18(25)21-11-17(24)14-4-8-16(9-5-14)23-19(26)22-10-13-2-6-15(20)7-3-13/h2-9,17H,10-12H2,1H3,(H,21,25)(H2,22,23,26)/t17-/m1/s1. The summed E-state index contributed by atoms with van der Waals surface area (Å²) in [5.41, 5.74) is 2.78. The van der Waals surface area contributed by atoms with Crippen LogP contribution in [0.5, 0.6) is 0 Å². The number of likely N-dealkylation sites (N-methyl/N-ethyl adjacent to an activating group) is 1. The van der Waals surface area contributed by atoms with Crippen LogP contribution < -0.4 is 16.0 Å². The molecule has 0 spiro atoms. The summed E-state index contributed by atoms with van der Waals surface area (Å²) < 4.78 is 0. The molecule has 3 rings (SSSR count). The van der Waals surface area contributed by atoms with Crippen molar-refractivity contribution in [3.05, 3.63) is 64.7 Å². The molecule has 6 nitrogen and oxygen atoms in total. The van der Waals surface area contributed by atoms with E-state index in [1.165, 1.54) is 0 Å². The van der Waals surface area contributed by atoms with E-state index < -0.39 is 0 Å². The lowest BCUT2D eigenvalue weighted by atomic mass is 10.0. The smallest absolute Gasteiger partial charge is 0.319 e. The van der Waals surface area contributed by atoms with Gasteiger partial charge in [-0.25, -0.2) is 4.79 Å². The van der Waals surface area contributed by atoms with Crippen molar-refractivity contribution in [1.29, 1.82) is 0 Å². The van der Waals surface area contributed by atoms with Gasteiger partial charge in [-0.2, -0.15) is 0 Å². The minimum atomic E-state index is -0.269. The molecule has 0 aromatic heterocycles. The highest BCUT2D eigenvalue weighted by Crippen LogP contribution is 2.22. The second kappa shape index (κ2) is 8.21. The Labute approximate surface area is 157 Å². The van der Waals surface area contributed by atoms with E-state index >= 15 is 0 Å². The molecular formula is C19H21ClN4O2. The lowest BCUT2D eigenvalue weighted by Crippen LogP contribution is -2.47. The summed E-state index contributed by atoms with van der Waals surface area (Å²) in [5.74, 6) is 0.0411. The summed E-state index contributed by atoms with van der Waals surface area (Å²) >= 11 is 5.84. The van der Waals surface area contributed by atoms with E-state index in [1.54, 1.807) is 12.1 Å². The Morgan fingerprint density at radius 1 is 1.19 bits per heavy atom. The Morgan fingerprint density at radius 3 is 2.54 bits per heavy atom. The van der Waals surface area contributed by atoms with Crippen LogP contribution in [0.4, 0.5) is 10.5 Å². The van der Waals surface area contributed by atoms with Crippen molar-refractivity contribution in [3.63, 3.8) is 0 Å². The van der Waals surface area contributed by atoms with Crippen LogP contribution in [0, 0.1) is 0 Å². The van der Waals surface area contributed by atoms with Crippen molar-refractivity contribution in [2.24, 2.45) is 0 Å². The molecule has 1 aliphatic rings. The largest absolute Gasteiger partial charge is 0.353 e. The first kappa shape index (κ1) is 18.2. The van der Waals surface area contributed by atoms with Crippen molar-refractivity contribution in [2.45, 2.75) is 12.6 Å². The number of carbonyl (C=O) groups is 2. The third kappa shape index (κ3) is 4.74. The van der Waals surface area contributed by atoms with Crippen LogP contribution in [0.3, 0.4) is 0 Å². The highest BCUT2D eigenvalue weighted by Gasteiger charge is 2.24. The number of hydrogen-bond donors (Lipinski definition) is 3. The Morgan fingerprint density at radius 2 is 1.88 bits per heavy atom. The molecule has 7 heteroatoms. The van der Waals surface area contributed by atoms with Crippen LogP contribution in [0.2, 0.25) is 5.02 Å². The summed E-state index contributed by atoms with van der Waals surface area (Å²) in [6.45, 7) is 1.40. The second-order valence-electron chi connectivity index (χ2n) is 6.29. The zero-order valence-corrected chi connectivity index (χ0v) is 15.2. The number of nitrogens with one attached hydrogen (secondary N) is 3. The topological polar surface area (TPSA) is 73.5 Å². The van der Waals surface area contributed by atoms with Gasteiger partial charge in [0.05, 0.1) is 12.6 Å². The maximum absolute atomic E-state index is 12.0. The van der Waals surface area contributed by atoms with Crippen LogP contribution in [-0.2, 0) is 11.3 Å². The summed E-state index contributed by atoms with van der Waals surface area (Å²) in [5, 5.41) is 9.16. The van der Waals surface area contributed by atoms with Crippen molar-refractivity contribution in [3.8, 4) is 0 Å². The highest BCUT2D eigenvalue weighted by atomic mass is 35.5. The second-order valence-corrected chi connectivity index (χ2v) is 6.73. The number of benzene rings is 2. The Hall–Kier alpha value is -2.57. The third-order valence-corrected chi connectivity index (χ3v) is 4.59. The molecule has 1 atom stereocenters. The van der Waals surface area contributed by atoms with Gasteiger partial charge < -0.3 is 16.0 Å². The fraction of sp³-hybridized carbons (Fsp3) is 0.263. The van der Waals surface area contributed by atoms with Crippen LogP contribution in [0.25, 0.3) is 0 Å². The molecule has 3 amide bonds. The van der Waals surface area contributed by atoms with Crippen LogP contribution in [-0.4, -0.2) is 37.0 Å². The number of piperazine rings is 1. The van der Waals surface area contributed by atoms with Crippen molar-refractivity contribution < 1.29 is 9.59 Å². The van der Waals surface area contributed by atoms with Gasteiger partial charge >= 0.3 is 6.03 Å². The zero-order valence-electron chi connectivity index (χ0n) is 14.5. The SMILES string of the molecule is CN1CC(=O)NC[C@@H]1c1ccc(NC(=O)NCc2ccc(Cl)cc2)cc1. The Kier molecular flexibility index (Phi) is 5.75. The van der Waals surface area contributed by atoms with E-state index in [0.29, 0.717) is 30.3 Å². The van der Waals surface area contributed by atoms with Gasteiger partial charge in [0.2, 0.25) is 5.91 Å². The quantitative estimate of drug-likeness (QED) is 0.772. The molecule has 3 N–H and O–H groups in total. The molecule has 1 fully saturated rings. The predicted molar refractivity (Wildman–Crippen MR) is 102 cm³/mol. The van der Waals surface area contributed by atoms with Gasteiger partial charge in [0.15, 0.2) is 0 Å². The maximum atomic E-state index is 12.0. The van der Waals surface area contributed by atoms with E-state index in [2.05, 4.69) is 16.0 Å². The number of carbonyl (C=O) groups excluding carboxylic acids is 2. The highest BCUT2D eigenvalue weighted by molar-refractivity contribution is 6.30. The number of urea groups is 1. The van der Waals surface area contributed by atoms with Crippen LogP contribution in [0.15, 0.2) is 48.5 Å². The molecule has 0 aliphatic carbocycles. The van der Waals surface area contributed by atoms with E-state index in [1.807, 2.05) is 48.3 Å². The molecule has 2 aromatic rings. The summed E-state index contributed by atoms with van der Waals surface area (Å²) in [6, 6.07) is 14.9. The first-order valence-corrected chi connectivity index (χ1v) is 8.75. The van der Waals surface area contributed by atoms with Crippen molar-refractivity contribution >= 4 is 29.2 Å². The molecule has 26 heavy (non-hydrogen) atoms. The molecule has 1 saturated heterocycles. The summed E-state index contributed by atoms with van der Waals surface area (Å²) in [4.78, 5) is 25.4. The molecule has 0 bridgehead atoms. The normalized spacial score (nSPS) is 17.5. The van der Waals surface area contributed by atoms with Gasteiger partial charge in [-0.05, 0) is 42.4 Å². The van der Waals surface area contributed by atoms with Gasteiger partial charge in [0.25, 0.3) is 0 Å². The van der Waals surface area contributed by atoms with E-state index in [-0.39, 0.29) is 18.0 Å². The molecule has 0 radical (unpaired) electrons. The number of halogens is 1. The molecule has 1 aliphatic heterocycles. The van der Waals surface area contributed by atoms with Gasteiger partial charge in [0, 0.05) is 23.8 Å². The van der Waals surface area contributed by atoms with E-state index in [0.717, 1.165) is 11.1 Å². The number of nitrogens with zero attached hydrogens (tertiary/aromatic N) is 1. The van der Waals surface area contributed by atoms with Crippen molar-refractivity contribution in [2.75, 3.05) is 25.5 Å². The third-order valence-electron chi connectivity index (χ3n) is 4.34. The first-order valence-electron chi connectivity index (χ1n) is 8.37. The molecule has 136 valence electrons. The van der Waals surface area contributed by atoms with E-state index in [4.69, 9.17) is 11.6 Å². The summed E-state index contributed by atoms with van der Waals surface area (Å²) in [7, 11) is 1.93. The minimum absolute atomic E-state index is 0.0411. The van der Waals surface area contributed by atoms with Gasteiger partial charge in [-0.3, -0.25) is 9.69 Å². The fourth-order valence-electron chi connectivity index (χ4n) is 2.88. The van der Waals surface area contributed by atoms with Crippen LogP contribution in [0.1, 0.15) is 17.2 Å². The lowest BCUT2D eigenvalue weighted by molar-refractivity contribution is -0.125. The average molecular weight is 373 g/mol. The molecule has 1 heterocycles. The number of hydrogen-bond acceptors (Lipinski definition) is 3.